The summed E-state index contributed by atoms with van der Waals surface area (Å²) in [5, 5.41) is 5.66. The van der Waals surface area contributed by atoms with Crippen molar-refractivity contribution in [1.29, 1.82) is 0 Å². The van der Waals surface area contributed by atoms with E-state index in [9.17, 15) is 9.59 Å². The Labute approximate surface area is 153 Å². The average molecular weight is 412 g/mol. The van der Waals surface area contributed by atoms with E-state index in [1.165, 1.54) is 6.20 Å². The maximum atomic E-state index is 12.0. The molecule has 2 aromatic rings. The normalized spacial score (nSPS) is 10.5. The molecule has 2 rings (SSSR count). The van der Waals surface area contributed by atoms with Crippen molar-refractivity contribution in [2.45, 2.75) is 0 Å². The summed E-state index contributed by atoms with van der Waals surface area (Å²) in [6, 6.07) is 10.7. The van der Waals surface area contributed by atoms with Crippen LogP contribution in [0.2, 0.25) is 5.15 Å². The molecule has 126 valence electrons. The molecule has 0 aliphatic carbocycles. The van der Waals surface area contributed by atoms with Gasteiger partial charge < -0.3 is 10.6 Å². The van der Waals surface area contributed by atoms with E-state index in [1.807, 2.05) is 18.2 Å². The lowest BCUT2D eigenvalue weighted by Crippen LogP contribution is -2.36. The van der Waals surface area contributed by atoms with Crippen LogP contribution in [0.3, 0.4) is 0 Å². The summed E-state index contributed by atoms with van der Waals surface area (Å²) in [4.78, 5) is 29.5. The van der Waals surface area contributed by atoms with Gasteiger partial charge in [-0.05, 0) is 47.2 Å². The van der Waals surface area contributed by atoms with Gasteiger partial charge in [-0.3, -0.25) is 14.5 Å². The summed E-state index contributed by atoms with van der Waals surface area (Å²) in [5.41, 5.74) is 1.12. The number of hydrogen-bond donors (Lipinski definition) is 2. The van der Waals surface area contributed by atoms with Gasteiger partial charge >= 0.3 is 0 Å². The number of pyridine rings is 1. The zero-order chi connectivity index (χ0) is 17.5. The number of nitrogens with zero attached hydrogens (tertiary/aromatic N) is 2. The Bertz CT molecular complexity index is 680. The molecule has 0 saturated heterocycles. The van der Waals surface area contributed by atoms with E-state index < -0.39 is 0 Å². The number of carbonyl (C=O) groups is 2. The SMILES string of the molecule is CN(CC(=O)Nc1ccccc1Br)CC(=O)Nc1cccnc1Cl. The fourth-order valence-electron chi connectivity index (χ4n) is 1.97. The molecule has 0 bridgehead atoms. The van der Waals surface area contributed by atoms with Crippen molar-refractivity contribution in [3.05, 3.63) is 52.2 Å². The molecular weight excluding hydrogens is 396 g/mol. The van der Waals surface area contributed by atoms with Crippen LogP contribution in [-0.4, -0.2) is 41.8 Å². The first kappa shape index (κ1) is 18.4. The van der Waals surface area contributed by atoms with Crippen LogP contribution in [0.15, 0.2) is 47.1 Å². The molecule has 0 spiro atoms. The second-order valence-electron chi connectivity index (χ2n) is 5.09. The molecular formula is C16H16BrClN4O2. The molecule has 6 nitrogen and oxygen atoms in total. The van der Waals surface area contributed by atoms with Crippen LogP contribution in [0.1, 0.15) is 0 Å². The van der Waals surface area contributed by atoms with Crippen molar-refractivity contribution in [3.8, 4) is 0 Å². The van der Waals surface area contributed by atoms with Gasteiger partial charge in [-0.25, -0.2) is 4.98 Å². The van der Waals surface area contributed by atoms with Crippen molar-refractivity contribution in [1.82, 2.24) is 9.88 Å². The lowest BCUT2D eigenvalue weighted by molar-refractivity contribution is -0.119. The Kier molecular flexibility index (Phi) is 6.72. The van der Waals surface area contributed by atoms with Crippen LogP contribution in [0.4, 0.5) is 11.4 Å². The lowest BCUT2D eigenvalue weighted by atomic mass is 10.3. The second kappa shape index (κ2) is 8.77. The third-order valence-electron chi connectivity index (χ3n) is 3.01. The van der Waals surface area contributed by atoms with Gasteiger partial charge in [0.15, 0.2) is 5.15 Å². The van der Waals surface area contributed by atoms with Crippen LogP contribution in [0.5, 0.6) is 0 Å². The Morgan fingerprint density at radius 1 is 1.08 bits per heavy atom. The molecule has 0 atom stereocenters. The highest BCUT2D eigenvalue weighted by Gasteiger charge is 2.13. The maximum Gasteiger partial charge on any atom is 0.238 e. The first-order valence-electron chi connectivity index (χ1n) is 7.09. The van der Waals surface area contributed by atoms with Gasteiger partial charge in [0.2, 0.25) is 11.8 Å². The van der Waals surface area contributed by atoms with E-state index >= 15 is 0 Å². The third kappa shape index (κ3) is 5.59. The highest BCUT2D eigenvalue weighted by Crippen LogP contribution is 2.21. The van der Waals surface area contributed by atoms with Crippen molar-refractivity contribution in [2.24, 2.45) is 0 Å². The van der Waals surface area contributed by atoms with Crippen molar-refractivity contribution in [3.63, 3.8) is 0 Å². The Hall–Kier alpha value is -1.96. The molecule has 0 fully saturated rings. The minimum absolute atomic E-state index is 0.0502. The van der Waals surface area contributed by atoms with Gasteiger partial charge in [0.1, 0.15) is 0 Å². The van der Waals surface area contributed by atoms with Gasteiger partial charge in [-0.15, -0.1) is 0 Å². The smallest absolute Gasteiger partial charge is 0.238 e. The van der Waals surface area contributed by atoms with Crippen LogP contribution in [0.25, 0.3) is 0 Å². The Balaban J connectivity index is 1.83. The monoisotopic (exact) mass is 410 g/mol. The van der Waals surface area contributed by atoms with Crippen molar-refractivity contribution < 1.29 is 9.59 Å². The van der Waals surface area contributed by atoms with E-state index in [4.69, 9.17) is 11.6 Å². The second-order valence-corrected chi connectivity index (χ2v) is 6.30. The number of amides is 2. The Morgan fingerprint density at radius 3 is 2.29 bits per heavy atom. The number of anilines is 2. The molecule has 2 amide bonds. The number of rotatable bonds is 6. The topological polar surface area (TPSA) is 74.3 Å². The van der Waals surface area contributed by atoms with Crippen LogP contribution in [-0.2, 0) is 9.59 Å². The summed E-state index contributed by atoms with van der Waals surface area (Å²) in [5.74, 6) is -0.488. The van der Waals surface area contributed by atoms with Gasteiger partial charge in [-0.2, -0.15) is 0 Å². The highest BCUT2D eigenvalue weighted by atomic mass is 79.9. The fraction of sp³-hybridized carbons (Fsp3) is 0.188. The van der Waals surface area contributed by atoms with E-state index in [-0.39, 0.29) is 30.1 Å². The fourth-order valence-corrected chi connectivity index (χ4v) is 2.52. The quantitative estimate of drug-likeness (QED) is 0.717. The molecule has 0 unspecified atom stereocenters. The minimum atomic E-state index is -0.277. The first-order valence-corrected chi connectivity index (χ1v) is 8.26. The van der Waals surface area contributed by atoms with Crippen molar-refractivity contribution >= 4 is 50.7 Å². The third-order valence-corrected chi connectivity index (χ3v) is 4.00. The summed E-state index contributed by atoms with van der Waals surface area (Å²) in [7, 11) is 1.68. The summed E-state index contributed by atoms with van der Waals surface area (Å²) in [6.07, 6.45) is 1.54. The molecule has 1 aromatic heterocycles. The van der Waals surface area contributed by atoms with Gasteiger partial charge in [0.25, 0.3) is 0 Å². The van der Waals surface area contributed by atoms with Crippen molar-refractivity contribution in [2.75, 3.05) is 30.8 Å². The number of carbonyl (C=O) groups excluding carboxylic acids is 2. The van der Waals surface area contributed by atoms with E-state index in [0.717, 1.165) is 4.47 Å². The summed E-state index contributed by atoms with van der Waals surface area (Å²) >= 11 is 9.25. The molecule has 1 aromatic carbocycles. The molecule has 2 N–H and O–H groups in total. The van der Waals surface area contributed by atoms with E-state index in [1.54, 1.807) is 30.1 Å². The predicted octanol–water partition coefficient (Wildman–Crippen LogP) is 3.01. The zero-order valence-electron chi connectivity index (χ0n) is 12.9. The standard InChI is InChI=1S/C16H16BrClN4O2/c1-22(9-14(23)20-12-6-3-2-5-11(12)17)10-15(24)21-13-7-4-8-19-16(13)18/h2-8H,9-10H2,1H3,(H,20,23)(H,21,24). The number of benzene rings is 1. The number of nitrogens with one attached hydrogen (secondary N) is 2. The lowest BCUT2D eigenvalue weighted by Gasteiger charge is -2.16. The molecule has 0 radical (unpaired) electrons. The number of para-hydroxylation sites is 1. The maximum absolute atomic E-state index is 12.0. The minimum Gasteiger partial charge on any atom is -0.324 e. The molecule has 0 aliphatic heterocycles. The molecule has 1 heterocycles. The Morgan fingerprint density at radius 2 is 1.67 bits per heavy atom. The summed E-state index contributed by atoms with van der Waals surface area (Å²) in [6.45, 7) is 0.129. The molecule has 0 aliphatic rings. The number of hydrogen-bond acceptors (Lipinski definition) is 4. The molecule has 24 heavy (non-hydrogen) atoms. The largest absolute Gasteiger partial charge is 0.324 e. The molecule has 0 saturated carbocycles. The number of aromatic nitrogens is 1. The van der Waals surface area contributed by atoms with Gasteiger partial charge in [0, 0.05) is 10.7 Å². The van der Waals surface area contributed by atoms with Crippen LogP contribution >= 0.6 is 27.5 Å². The number of likely N-dealkylation sites (N-methyl/N-ethyl adjacent to an activating group) is 1. The van der Waals surface area contributed by atoms with Crippen LogP contribution in [0, 0.1) is 0 Å². The molecule has 8 heteroatoms. The van der Waals surface area contributed by atoms with Crippen LogP contribution < -0.4 is 10.6 Å². The summed E-state index contributed by atoms with van der Waals surface area (Å²) < 4.78 is 0.796. The van der Waals surface area contributed by atoms with E-state index in [2.05, 4.69) is 31.5 Å². The average Bonchev–Trinajstić information content (AvgIpc) is 2.51. The van der Waals surface area contributed by atoms with Gasteiger partial charge in [0.05, 0.1) is 24.5 Å². The first-order chi connectivity index (χ1) is 11.5. The highest BCUT2D eigenvalue weighted by molar-refractivity contribution is 9.10. The van der Waals surface area contributed by atoms with Gasteiger partial charge in [-0.1, -0.05) is 23.7 Å². The van der Waals surface area contributed by atoms with E-state index in [0.29, 0.717) is 11.4 Å². The number of halogens is 2. The predicted molar refractivity (Wildman–Crippen MR) is 98.1 cm³/mol. The zero-order valence-corrected chi connectivity index (χ0v) is 15.3.